The van der Waals surface area contributed by atoms with Gasteiger partial charge in [-0.05, 0) is 43.2 Å². The molecule has 31 heavy (non-hydrogen) atoms. The third-order valence-electron chi connectivity index (χ3n) is 5.45. The van der Waals surface area contributed by atoms with Crippen LogP contribution >= 0.6 is 23.7 Å². The van der Waals surface area contributed by atoms with Gasteiger partial charge in [-0.15, -0.1) is 12.4 Å². The van der Waals surface area contributed by atoms with Gasteiger partial charge in [0.2, 0.25) is 0 Å². The third kappa shape index (κ3) is 5.03. The van der Waals surface area contributed by atoms with Crippen LogP contribution in [-0.2, 0) is 4.74 Å². The molecule has 1 aliphatic rings. The molecule has 1 aliphatic heterocycles. The number of thiazole rings is 1. The first-order valence-electron chi connectivity index (χ1n) is 9.88. The second-order valence-electron chi connectivity index (χ2n) is 7.39. The van der Waals surface area contributed by atoms with E-state index in [0.29, 0.717) is 31.4 Å². The minimum atomic E-state index is -0.871. The first-order valence-corrected chi connectivity index (χ1v) is 10.7. The van der Waals surface area contributed by atoms with E-state index in [1.165, 1.54) is 22.3 Å². The summed E-state index contributed by atoms with van der Waals surface area (Å²) in [6.45, 7) is 7.86. The van der Waals surface area contributed by atoms with Gasteiger partial charge < -0.3 is 4.74 Å². The van der Waals surface area contributed by atoms with Crippen molar-refractivity contribution in [3.63, 3.8) is 0 Å². The van der Waals surface area contributed by atoms with Gasteiger partial charge in [0.25, 0.3) is 5.91 Å². The summed E-state index contributed by atoms with van der Waals surface area (Å²) in [6.07, 6.45) is 0. The first kappa shape index (κ1) is 23.5. The minimum Gasteiger partial charge on any atom is -0.379 e. The van der Waals surface area contributed by atoms with Crippen LogP contribution in [0.4, 0.5) is 13.9 Å². The zero-order valence-electron chi connectivity index (χ0n) is 17.4. The summed E-state index contributed by atoms with van der Waals surface area (Å²) < 4.78 is 34.1. The maximum Gasteiger partial charge on any atom is 0.263 e. The Morgan fingerprint density at radius 1 is 1.19 bits per heavy atom. The quantitative estimate of drug-likeness (QED) is 0.550. The van der Waals surface area contributed by atoms with Crippen LogP contribution in [0.1, 0.15) is 21.5 Å². The van der Waals surface area contributed by atoms with Crippen LogP contribution < -0.4 is 4.90 Å². The Morgan fingerprint density at radius 2 is 1.94 bits per heavy atom. The topological polar surface area (TPSA) is 45.7 Å². The molecule has 0 bridgehead atoms. The number of fused-ring (bicyclic) bond motifs is 1. The summed E-state index contributed by atoms with van der Waals surface area (Å²) in [4.78, 5) is 21.7. The minimum absolute atomic E-state index is 0. The number of aryl methyl sites for hydroxylation is 2. The maximum absolute atomic E-state index is 14.4. The van der Waals surface area contributed by atoms with Crippen molar-refractivity contribution in [2.24, 2.45) is 0 Å². The van der Waals surface area contributed by atoms with E-state index in [0.717, 1.165) is 46.6 Å². The Balaban J connectivity index is 0.00000272. The Bertz CT molecular complexity index is 1090. The molecule has 1 amide bonds. The van der Waals surface area contributed by atoms with Gasteiger partial charge in [-0.1, -0.05) is 17.4 Å². The maximum atomic E-state index is 14.4. The molecule has 166 valence electrons. The predicted molar refractivity (Wildman–Crippen MR) is 122 cm³/mol. The van der Waals surface area contributed by atoms with E-state index in [1.807, 2.05) is 26.0 Å². The lowest BCUT2D eigenvalue weighted by Crippen LogP contribution is -2.43. The van der Waals surface area contributed by atoms with Crippen molar-refractivity contribution >= 4 is 45.0 Å². The van der Waals surface area contributed by atoms with E-state index in [2.05, 4.69) is 4.90 Å². The van der Waals surface area contributed by atoms with Gasteiger partial charge in [0, 0.05) is 32.2 Å². The normalized spacial score (nSPS) is 14.5. The molecule has 3 aromatic rings. The van der Waals surface area contributed by atoms with E-state index in [4.69, 9.17) is 9.72 Å². The number of carbonyl (C=O) groups excluding carboxylic acids is 1. The monoisotopic (exact) mass is 467 g/mol. The number of carbonyl (C=O) groups is 1. The fourth-order valence-electron chi connectivity index (χ4n) is 3.49. The highest BCUT2D eigenvalue weighted by atomic mass is 35.5. The molecule has 5 nitrogen and oxygen atoms in total. The summed E-state index contributed by atoms with van der Waals surface area (Å²) in [5, 5.41) is 0.515. The highest BCUT2D eigenvalue weighted by Crippen LogP contribution is 2.33. The second kappa shape index (κ2) is 9.99. The molecule has 1 fully saturated rings. The van der Waals surface area contributed by atoms with E-state index in [1.54, 1.807) is 0 Å². The van der Waals surface area contributed by atoms with Gasteiger partial charge in [0.15, 0.2) is 5.13 Å². The SMILES string of the molecule is Cc1ccc2sc(N(CCN3CCOCC3)C(=O)c3ccc(F)cc3F)nc2c1C.Cl. The highest BCUT2D eigenvalue weighted by molar-refractivity contribution is 7.22. The summed E-state index contributed by atoms with van der Waals surface area (Å²) in [7, 11) is 0. The molecule has 9 heteroatoms. The number of hydrogen-bond donors (Lipinski definition) is 0. The zero-order valence-corrected chi connectivity index (χ0v) is 19.0. The molecule has 4 rings (SSSR count). The van der Waals surface area contributed by atoms with Crippen molar-refractivity contribution in [3.05, 3.63) is 58.7 Å². The van der Waals surface area contributed by atoms with Crippen molar-refractivity contribution in [1.82, 2.24) is 9.88 Å². The van der Waals surface area contributed by atoms with Gasteiger partial charge in [-0.2, -0.15) is 0 Å². The fraction of sp³-hybridized carbons (Fsp3) is 0.364. The molecule has 1 aromatic heterocycles. The lowest BCUT2D eigenvalue weighted by molar-refractivity contribution is 0.0391. The lowest BCUT2D eigenvalue weighted by Gasteiger charge is -2.29. The van der Waals surface area contributed by atoms with Gasteiger partial charge in [0.1, 0.15) is 11.6 Å². The summed E-state index contributed by atoms with van der Waals surface area (Å²) in [6, 6.07) is 7.04. The lowest BCUT2D eigenvalue weighted by atomic mass is 10.1. The van der Waals surface area contributed by atoms with Crippen molar-refractivity contribution in [2.45, 2.75) is 13.8 Å². The summed E-state index contributed by atoms with van der Waals surface area (Å²) >= 11 is 1.40. The Morgan fingerprint density at radius 3 is 2.65 bits per heavy atom. The van der Waals surface area contributed by atoms with Crippen LogP contribution in [0.2, 0.25) is 0 Å². The number of amides is 1. The van der Waals surface area contributed by atoms with E-state index < -0.39 is 17.5 Å². The van der Waals surface area contributed by atoms with Gasteiger partial charge >= 0.3 is 0 Å². The van der Waals surface area contributed by atoms with Crippen LogP contribution in [0.5, 0.6) is 0 Å². The summed E-state index contributed by atoms with van der Waals surface area (Å²) in [5.41, 5.74) is 2.86. The molecule has 0 atom stereocenters. The molecular weight excluding hydrogens is 444 g/mol. The van der Waals surface area contributed by atoms with Crippen LogP contribution in [0, 0.1) is 25.5 Å². The van der Waals surface area contributed by atoms with Crippen LogP contribution in [0.15, 0.2) is 30.3 Å². The average molecular weight is 468 g/mol. The number of morpholine rings is 1. The number of rotatable bonds is 5. The van der Waals surface area contributed by atoms with Crippen molar-refractivity contribution < 1.29 is 18.3 Å². The largest absolute Gasteiger partial charge is 0.379 e. The standard InChI is InChI=1S/C22H23F2N3O2S.ClH/c1-14-3-6-19-20(15(14)2)25-22(30-19)27(8-7-26-9-11-29-12-10-26)21(28)17-5-4-16(23)13-18(17)24;/h3-6,13H,7-12H2,1-2H3;1H. The fourth-order valence-corrected chi connectivity index (χ4v) is 4.54. The molecule has 0 spiro atoms. The number of aromatic nitrogens is 1. The molecule has 0 aliphatic carbocycles. The van der Waals surface area contributed by atoms with Gasteiger partial charge in [-0.3, -0.25) is 14.6 Å². The van der Waals surface area contributed by atoms with Crippen LogP contribution in [0.3, 0.4) is 0 Å². The summed E-state index contributed by atoms with van der Waals surface area (Å²) in [5.74, 6) is -2.10. The van der Waals surface area contributed by atoms with E-state index in [9.17, 15) is 13.6 Å². The molecular formula is C22H24ClF2N3O2S. The van der Waals surface area contributed by atoms with Gasteiger partial charge in [-0.25, -0.2) is 13.8 Å². The Labute approximate surface area is 190 Å². The molecule has 2 aromatic carbocycles. The Hall–Kier alpha value is -2.13. The molecule has 2 heterocycles. The van der Waals surface area contributed by atoms with E-state index in [-0.39, 0.29) is 18.0 Å². The van der Waals surface area contributed by atoms with E-state index >= 15 is 0 Å². The third-order valence-corrected chi connectivity index (χ3v) is 6.50. The number of benzene rings is 2. The van der Waals surface area contributed by atoms with Crippen LogP contribution in [0.25, 0.3) is 10.2 Å². The molecule has 0 unspecified atom stereocenters. The molecule has 1 saturated heterocycles. The second-order valence-corrected chi connectivity index (χ2v) is 8.39. The van der Waals surface area contributed by atoms with Crippen molar-refractivity contribution in [3.8, 4) is 0 Å². The van der Waals surface area contributed by atoms with Crippen molar-refractivity contribution in [1.29, 1.82) is 0 Å². The number of anilines is 1. The molecule has 0 radical (unpaired) electrons. The Kier molecular flexibility index (Phi) is 7.59. The zero-order chi connectivity index (χ0) is 21.3. The number of hydrogen-bond acceptors (Lipinski definition) is 5. The molecule has 0 N–H and O–H groups in total. The first-order chi connectivity index (χ1) is 14.4. The van der Waals surface area contributed by atoms with Crippen molar-refractivity contribution in [2.75, 3.05) is 44.3 Å². The molecule has 0 saturated carbocycles. The number of ether oxygens (including phenoxy) is 1. The predicted octanol–water partition coefficient (Wildman–Crippen LogP) is 4.59. The van der Waals surface area contributed by atoms with Gasteiger partial charge in [0.05, 0.1) is 29.0 Å². The number of halogens is 3. The smallest absolute Gasteiger partial charge is 0.263 e. The van der Waals surface area contributed by atoms with Crippen LogP contribution in [-0.4, -0.2) is 55.2 Å². The average Bonchev–Trinajstić information content (AvgIpc) is 3.16. The number of nitrogens with zero attached hydrogens (tertiary/aromatic N) is 3. The highest BCUT2D eigenvalue weighted by Gasteiger charge is 2.25.